The highest BCUT2D eigenvalue weighted by Gasteiger charge is 2.34. The summed E-state index contributed by atoms with van der Waals surface area (Å²) in [6.45, 7) is 0. The van der Waals surface area contributed by atoms with Crippen LogP contribution in [-0.2, 0) is 6.42 Å². The van der Waals surface area contributed by atoms with E-state index in [4.69, 9.17) is 9.97 Å². The van der Waals surface area contributed by atoms with Gasteiger partial charge in [0.2, 0.25) is 0 Å². The number of aryl methyl sites for hydroxylation is 1. The third-order valence-electron chi connectivity index (χ3n) is 8.49. The van der Waals surface area contributed by atoms with Crippen LogP contribution in [0.3, 0.4) is 0 Å². The van der Waals surface area contributed by atoms with E-state index in [1.54, 1.807) is 0 Å². The Morgan fingerprint density at radius 2 is 1.57 bits per heavy atom. The predicted octanol–water partition coefficient (Wildman–Crippen LogP) is 9.82. The fourth-order valence-corrected chi connectivity index (χ4v) is 9.29. The van der Waals surface area contributed by atoms with Crippen LogP contribution in [0.5, 0.6) is 0 Å². The number of hydrogen-bond donors (Lipinski definition) is 0. The molecule has 4 heterocycles. The second kappa shape index (κ2) is 8.78. The predicted molar refractivity (Wildman–Crippen MR) is 172 cm³/mol. The molecule has 2 aromatic carbocycles. The first-order valence-electron chi connectivity index (χ1n) is 14.0. The fourth-order valence-electron chi connectivity index (χ4n) is 6.53. The second-order valence-electron chi connectivity index (χ2n) is 10.8. The maximum atomic E-state index is 5.31. The number of thiophene rings is 1. The van der Waals surface area contributed by atoms with Gasteiger partial charge in [0.15, 0.2) is 0 Å². The topological polar surface area (TPSA) is 25.8 Å². The molecule has 1 aliphatic heterocycles. The molecule has 0 radical (unpaired) electrons. The van der Waals surface area contributed by atoms with Gasteiger partial charge in [0, 0.05) is 41.8 Å². The molecule has 0 N–H and O–H groups in total. The van der Waals surface area contributed by atoms with Gasteiger partial charge in [0.1, 0.15) is 0 Å². The molecule has 3 aliphatic carbocycles. The number of nitrogens with zero attached hydrogens (tertiary/aromatic N) is 2. The van der Waals surface area contributed by atoms with Gasteiger partial charge >= 0.3 is 0 Å². The molecule has 1 unspecified atom stereocenters. The zero-order valence-electron chi connectivity index (χ0n) is 21.8. The van der Waals surface area contributed by atoms with Gasteiger partial charge in [0.25, 0.3) is 0 Å². The van der Waals surface area contributed by atoms with Crippen LogP contribution in [0.25, 0.3) is 54.8 Å². The number of fused-ring (bicyclic) bond motifs is 8. The Kier molecular flexibility index (Phi) is 5.01. The molecular formula is C36H24N2S2. The molecule has 9 rings (SSSR count). The Labute approximate surface area is 240 Å². The summed E-state index contributed by atoms with van der Waals surface area (Å²) in [4.78, 5) is 13.5. The van der Waals surface area contributed by atoms with E-state index in [-0.39, 0.29) is 5.25 Å². The van der Waals surface area contributed by atoms with Gasteiger partial charge in [-0.15, -0.1) is 28.8 Å². The average Bonchev–Trinajstić information content (AvgIpc) is 3.59. The highest BCUT2D eigenvalue weighted by Crippen LogP contribution is 2.51. The minimum Gasteiger partial charge on any atom is -0.246 e. The zero-order chi connectivity index (χ0) is 26.2. The second-order valence-corrected chi connectivity index (χ2v) is 13.0. The Bertz CT molecular complexity index is 2130. The van der Waals surface area contributed by atoms with Crippen molar-refractivity contribution in [3.63, 3.8) is 0 Å². The Morgan fingerprint density at radius 1 is 0.800 bits per heavy atom. The van der Waals surface area contributed by atoms with Crippen LogP contribution < -0.4 is 0 Å². The Hall–Kier alpha value is -3.95. The molecular weight excluding hydrogens is 525 g/mol. The number of benzene rings is 2. The number of allylic oxidation sites excluding steroid dienone is 5. The summed E-state index contributed by atoms with van der Waals surface area (Å²) >= 11 is 3.88. The van der Waals surface area contributed by atoms with Gasteiger partial charge < -0.3 is 0 Å². The van der Waals surface area contributed by atoms with Crippen LogP contribution in [-0.4, -0.2) is 15.2 Å². The Balaban J connectivity index is 1.18. The Morgan fingerprint density at radius 3 is 2.48 bits per heavy atom. The fraction of sp³-hybridized carbons (Fsp3) is 0.139. The van der Waals surface area contributed by atoms with E-state index in [0.717, 1.165) is 58.9 Å². The van der Waals surface area contributed by atoms with E-state index < -0.39 is 0 Å². The van der Waals surface area contributed by atoms with Crippen LogP contribution in [0.4, 0.5) is 0 Å². The largest absolute Gasteiger partial charge is 0.246 e. The first kappa shape index (κ1) is 22.8. The summed E-state index contributed by atoms with van der Waals surface area (Å²) in [5.41, 5.74) is 14.2. The van der Waals surface area contributed by atoms with Crippen molar-refractivity contribution in [3.8, 4) is 11.3 Å². The van der Waals surface area contributed by atoms with Crippen LogP contribution in [0.15, 0.2) is 107 Å². The summed E-state index contributed by atoms with van der Waals surface area (Å²) in [6, 6.07) is 19.8. The maximum Gasteiger partial charge on any atom is 0.0972 e. The molecule has 0 fully saturated rings. The van der Waals surface area contributed by atoms with Crippen LogP contribution in [0.2, 0.25) is 0 Å². The van der Waals surface area contributed by atoms with Crippen molar-refractivity contribution >= 4 is 66.6 Å². The van der Waals surface area contributed by atoms with E-state index in [2.05, 4.69) is 96.8 Å². The molecule has 0 bridgehead atoms. The van der Waals surface area contributed by atoms with Crippen molar-refractivity contribution < 1.29 is 0 Å². The molecule has 4 heteroatoms. The van der Waals surface area contributed by atoms with E-state index >= 15 is 0 Å². The zero-order valence-corrected chi connectivity index (χ0v) is 23.4. The smallest absolute Gasteiger partial charge is 0.0972 e. The maximum absolute atomic E-state index is 5.31. The van der Waals surface area contributed by atoms with Crippen LogP contribution in [0, 0.1) is 0 Å². The first-order chi connectivity index (χ1) is 19.8. The standard InChI is InChI=1S/C36H24N2S2/c1-3-13-31-23(7-1)25-9-5-11-27(35(25)39-31)29-19-17-21-15-16-22-18-20-30(38-34(22)33(21)37-29)28-12-6-10-26-24-8-2-4-14-32(24)40-36(26)28/h1,4-7,9,11-12,14-20,36H,2-3,8,13H2. The summed E-state index contributed by atoms with van der Waals surface area (Å²) < 4.78 is 1.34. The molecule has 40 heavy (non-hydrogen) atoms. The lowest BCUT2D eigenvalue weighted by atomic mass is 9.89. The summed E-state index contributed by atoms with van der Waals surface area (Å²) in [6.07, 6.45) is 17.9. The summed E-state index contributed by atoms with van der Waals surface area (Å²) in [7, 11) is 0. The van der Waals surface area contributed by atoms with Crippen molar-refractivity contribution in [1.29, 1.82) is 0 Å². The molecule has 190 valence electrons. The number of thioether (sulfide) groups is 1. The monoisotopic (exact) mass is 548 g/mol. The van der Waals surface area contributed by atoms with Crippen molar-refractivity contribution in [1.82, 2.24) is 9.97 Å². The van der Waals surface area contributed by atoms with E-state index in [1.165, 1.54) is 47.7 Å². The minimum atomic E-state index is 0.262. The van der Waals surface area contributed by atoms with Gasteiger partial charge in [-0.3, -0.25) is 0 Å². The normalized spacial score (nSPS) is 19.2. The molecule has 4 aliphatic rings. The molecule has 0 saturated carbocycles. The highest BCUT2D eigenvalue weighted by molar-refractivity contribution is 8.04. The van der Waals surface area contributed by atoms with Crippen LogP contribution >= 0.6 is 23.1 Å². The summed E-state index contributed by atoms with van der Waals surface area (Å²) in [5, 5.41) is 3.85. The quantitative estimate of drug-likeness (QED) is 0.162. The van der Waals surface area contributed by atoms with Crippen molar-refractivity contribution in [2.75, 3.05) is 0 Å². The number of pyridine rings is 2. The molecule has 3 aromatic heterocycles. The molecule has 0 saturated heterocycles. The minimum absolute atomic E-state index is 0.262. The van der Waals surface area contributed by atoms with E-state index in [9.17, 15) is 0 Å². The van der Waals surface area contributed by atoms with E-state index in [1.807, 2.05) is 23.1 Å². The lowest BCUT2D eigenvalue weighted by Crippen LogP contribution is -2.09. The molecule has 0 spiro atoms. The van der Waals surface area contributed by atoms with Gasteiger partial charge in [-0.1, -0.05) is 66.8 Å². The van der Waals surface area contributed by atoms with Crippen LogP contribution in [0.1, 0.15) is 35.4 Å². The highest BCUT2D eigenvalue weighted by atomic mass is 32.2. The average molecular weight is 549 g/mol. The molecule has 2 nitrogen and oxygen atoms in total. The third-order valence-corrected chi connectivity index (χ3v) is 11.2. The van der Waals surface area contributed by atoms with Gasteiger partial charge in [-0.25, -0.2) is 9.97 Å². The number of aromatic nitrogens is 2. The van der Waals surface area contributed by atoms with Crippen molar-refractivity contribution in [2.24, 2.45) is 0 Å². The molecule has 1 atom stereocenters. The van der Waals surface area contributed by atoms with Crippen molar-refractivity contribution in [3.05, 3.63) is 123 Å². The molecule has 0 amide bonds. The summed E-state index contributed by atoms with van der Waals surface area (Å²) in [5.74, 6) is 0. The van der Waals surface area contributed by atoms with E-state index in [0.29, 0.717) is 0 Å². The number of rotatable bonds is 2. The lowest BCUT2D eigenvalue weighted by molar-refractivity contribution is 0.964. The molecule has 5 aromatic rings. The van der Waals surface area contributed by atoms with Crippen molar-refractivity contribution in [2.45, 2.75) is 30.9 Å². The number of hydrogen-bond acceptors (Lipinski definition) is 4. The van der Waals surface area contributed by atoms with Gasteiger partial charge in [-0.2, -0.15) is 0 Å². The first-order valence-corrected chi connectivity index (χ1v) is 15.7. The SMILES string of the molecule is C1=CC=C(c2ccc3ccc4ccc(-c5cccc6c7c(sc56)CCC=C7)nc4c3n2)C2SC3=C(CCC=C3)C=12. The lowest BCUT2D eigenvalue weighted by Gasteiger charge is -2.18. The third kappa shape index (κ3) is 3.37. The van der Waals surface area contributed by atoms with Gasteiger partial charge in [-0.05, 0) is 66.7 Å². The van der Waals surface area contributed by atoms with Gasteiger partial charge in [0.05, 0.1) is 27.7 Å².